The van der Waals surface area contributed by atoms with Gasteiger partial charge in [0.1, 0.15) is 5.92 Å². The molecule has 8 heteroatoms. The summed E-state index contributed by atoms with van der Waals surface area (Å²) in [5.41, 5.74) is 1.18. The van der Waals surface area contributed by atoms with Gasteiger partial charge in [-0.3, -0.25) is 19.2 Å². The van der Waals surface area contributed by atoms with E-state index in [1.165, 1.54) is 4.90 Å². The maximum atomic E-state index is 13.9. The second-order valence-electron chi connectivity index (χ2n) is 9.69. The van der Waals surface area contributed by atoms with Crippen molar-refractivity contribution in [3.05, 3.63) is 70.2 Å². The van der Waals surface area contributed by atoms with Crippen LogP contribution in [0.1, 0.15) is 50.3 Å². The Kier molecular flexibility index (Phi) is 8.13. The van der Waals surface area contributed by atoms with E-state index in [0.717, 1.165) is 11.1 Å². The van der Waals surface area contributed by atoms with Crippen LogP contribution < -0.4 is 5.32 Å². The van der Waals surface area contributed by atoms with Crippen molar-refractivity contribution in [2.45, 2.75) is 58.8 Å². The summed E-state index contributed by atoms with van der Waals surface area (Å²) in [6, 6.07) is 14.1. The average molecular weight is 499 g/mol. The number of benzene rings is 2. The van der Waals surface area contributed by atoms with Crippen LogP contribution in [-0.4, -0.2) is 46.7 Å². The van der Waals surface area contributed by atoms with Gasteiger partial charge in [0.2, 0.25) is 17.6 Å². The minimum atomic E-state index is -1.66. The highest BCUT2D eigenvalue weighted by atomic mass is 35.5. The summed E-state index contributed by atoms with van der Waals surface area (Å²) in [6.45, 7) is 9.13. The number of nitrogens with zero attached hydrogens (tertiary/aromatic N) is 1. The molecule has 3 unspecified atom stereocenters. The molecule has 1 heterocycles. The van der Waals surface area contributed by atoms with Crippen molar-refractivity contribution in [1.29, 1.82) is 0 Å². The monoisotopic (exact) mass is 498 g/mol. The van der Waals surface area contributed by atoms with Crippen molar-refractivity contribution in [2.75, 3.05) is 6.61 Å². The Morgan fingerprint density at radius 3 is 2.37 bits per heavy atom. The van der Waals surface area contributed by atoms with E-state index in [4.69, 9.17) is 16.3 Å². The van der Waals surface area contributed by atoms with Gasteiger partial charge in [0.25, 0.3) is 0 Å². The van der Waals surface area contributed by atoms with Gasteiger partial charge in [0.15, 0.2) is 17.9 Å². The zero-order valence-electron chi connectivity index (χ0n) is 20.6. The highest BCUT2D eigenvalue weighted by Gasteiger charge is 2.54. The van der Waals surface area contributed by atoms with E-state index in [1.807, 2.05) is 37.3 Å². The van der Waals surface area contributed by atoms with Crippen LogP contribution in [0.5, 0.6) is 0 Å². The van der Waals surface area contributed by atoms with E-state index >= 15 is 0 Å². The molecule has 3 rings (SSSR count). The molecule has 2 aromatic carbocycles. The third-order valence-corrected chi connectivity index (χ3v) is 6.00. The molecule has 0 bridgehead atoms. The minimum Gasteiger partial charge on any atom is -0.351 e. The average Bonchev–Trinajstić information content (AvgIpc) is 3.00. The molecule has 1 saturated heterocycles. The number of likely N-dealkylation sites (tertiary alicyclic amines) is 1. The largest absolute Gasteiger partial charge is 0.351 e. The Balaban J connectivity index is 2.03. The van der Waals surface area contributed by atoms with Gasteiger partial charge in [-0.25, -0.2) is 0 Å². The van der Waals surface area contributed by atoms with Crippen LogP contribution in [-0.2, 0) is 30.5 Å². The third-order valence-electron chi connectivity index (χ3n) is 5.65. The summed E-state index contributed by atoms with van der Waals surface area (Å²) in [5, 5.41) is 3.01. The van der Waals surface area contributed by atoms with E-state index < -0.39 is 47.0 Å². The normalized spacial score (nSPS) is 19.1. The predicted octanol–water partition coefficient (Wildman–Crippen LogP) is 3.81. The molecule has 1 fully saturated rings. The van der Waals surface area contributed by atoms with Crippen LogP contribution >= 0.6 is 11.6 Å². The third kappa shape index (κ3) is 5.97. The maximum absolute atomic E-state index is 13.9. The Hall–Kier alpha value is -3.03. The van der Waals surface area contributed by atoms with Gasteiger partial charge >= 0.3 is 0 Å². The van der Waals surface area contributed by atoms with Crippen LogP contribution in [0, 0.1) is 12.8 Å². The molecule has 0 spiro atoms. The van der Waals surface area contributed by atoms with Gasteiger partial charge < -0.3 is 15.0 Å². The molecule has 1 N–H and O–H groups in total. The van der Waals surface area contributed by atoms with Gasteiger partial charge in [0, 0.05) is 23.7 Å². The van der Waals surface area contributed by atoms with Crippen molar-refractivity contribution in [2.24, 2.45) is 5.92 Å². The molecular weight excluding hydrogens is 468 g/mol. The number of halogens is 1. The topological polar surface area (TPSA) is 92.8 Å². The molecule has 186 valence electrons. The molecule has 0 aliphatic carbocycles. The first-order valence-electron chi connectivity index (χ1n) is 11.6. The summed E-state index contributed by atoms with van der Waals surface area (Å²) in [5.74, 6) is -5.88. The maximum Gasteiger partial charge on any atom is 0.243 e. The number of hydrogen-bond acceptors (Lipinski definition) is 5. The molecule has 1 aliphatic heterocycles. The van der Waals surface area contributed by atoms with E-state index in [9.17, 15) is 19.2 Å². The number of carbonyl (C=O) groups excluding carboxylic acids is 4. The number of carbonyl (C=O) groups is 4. The highest BCUT2D eigenvalue weighted by Crippen LogP contribution is 2.34. The van der Waals surface area contributed by atoms with Crippen LogP contribution in [0.3, 0.4) is 0 Å². The first-order chi connectivity index (χ1) is 16.4. The Labute approximate surface area is 210 Å². The van der Waals surface area contributed by atoms with E-state index in [1.54, 1.807) is 45.9 Å². The number of aryl methyl sites for hydroxylation is 1. The van der Waals surface area contributed by atoms with Gasteiger partial charge in [0.05, 0.1) is 0 Å². The van der Waals surface area contributed by atoms with Crippen LogP contribution in [0.4, 0.5) is 0 Å². The Morgan fingerprint density at radius 1 is 1.11 bits per heavy atom. The molecule has 1 aliphatic rings. The lowest BCUT2D eigenvalue weighted by molar-refractivity contribution is -0.143. The lowest BCUT2D eigenvalue weighted by Gasteiger charge is -2.26. The first-order valence-corrected chi connectivity index (χ1v) is 11.9. The number of ether oxygens (including phenoxy) is 1. The van der Waals surface area contributed by atoms with Gasteiger partial charge in [-0.1, -0.05) is 59.6 Å². The summed E-state index contributed by atoms with van der Waals surface area (Å²) in [4.78, 5) is 55.3. The molecule has 35 heavy (non-hydrogen) atoms. The summed E-state index contributed by atoms with van der Waals surface area (Å²) >= 11 is 6.41. The van der Waals surface area contributed by atoms with E-state index in [-0.39, 0.29) is 23.7 Å². The van der Waals surface area contributed by atoms with Crippen molar-refractivity contribution in [3.8, 4) is 0 Å². The zero-order chi connectivity index (χ0) is 25.9. The molecule has 2 aromatic rings. The van der Waals surface area contributed by atoms with Gasteiger partial charge in [-0.15, -0.1) is 0 Å². The highest BCUT2D eigenvalue weighted by molar-refractivity contribution is 6.33. The van der Waals surface area contributed by atoms with Gasteiger partial charge in [-0.2, -0.15) is 0 Å². The van der Waals surface area contributed by atoms with E-state index in [0.29, 0.717) is 0 Å². The molecule has 7 nitrogen and oxygen atoms in total. The van der Waals surface area contributed by atoms with Crippen molar-refractivity contribution >= 4 is 35.0 Å². The summed E-state index contributed by atoms with van der Waals surface area (Å²) < 4.78 is 5.60. The fourth-order valence-electron chi connectivity index (χ4n) is 4.15. The van der Waals surface area contributed by atoms with Crippen molar-refractivity contribution in [1.82, 2.24) is 10.2 Å². The summed E-state index contributed by atoms with van der Waals surface area (Å²) in [6.07, 6.45) is -1.21. The lowest BCUT2D eigenvalue weighted by atomic mass is 9.84. The SMILES string of the molecule is CCOC1C(=O)C(C(=O)C(C(=O)NC(C)(C)C)c2cc(C)ccc2Cl)C(=O)N1Cc1ccccc1. The molecule has 0 aromatic heterocycles. The van der Waals surface area contributed by atoms with Crippen molar-refractivity contribution in [3.63, 3.8) is 0 Å². The molecule has 3 atom stereocenters. The number of amides is 2. The number of hydrogen-bond donors (Lipinski definition) is 1. The molecular formula is C27H31ClN2O5. The second kappa shape index (κ2) is 10.7. The lowest BCUT2D eigenvalue weighted by Crippen LogP contribution is -2.47. The van der Waals surface area contributed by atoms with Gasteiger partial charge in [-0.05, 0) is 51.8 Å². The fourth-order valence-corrected chi connectivity index (χ4v) is 4.38. The van der Waals surface area contributed by atoms with Crippen molar-refractivity contribution < 1.29 is 23.9 Å². The minimum absolute atomic E-state index is 0.101. The number of ketones is 2. The molecule has 0 radical (unpaired) electrons. The molecule has 0 saturated carbocycles. The predicted molar refractivity (Wildman–Crippen MR) is 133 cm³/mol. The second-order valence-corrected chi connectivity index (χ2v) is 10.1. The first kappa shape index (κ1) is 26.6. The quantitative estimate of drug-likeness (QED) is 0.559. The molecule has 2 amide bonds. The zero-order valence-corrected chi connectivity index (χ0v) is 21.4. The Morgan fingerprint density at radius 2 is 1.77 bits per heavy atom. The van der Waals surface area contributed by atoms with Crippen LogP contribution in [0.15, 0.2) is 48.5 Å². The summed E-state index contributed by atoms with van der Waals surface area (Å²) in [7, 11) is 0. The fraction of sp³-hybridized carbons (Fsp3) is 0.407. The van der Waals surface area contributed by atoms with E-state index in [2.05, 4.69) is 5.32 Å². The number of nitrogens with one attached hydrogen (secondary N) is 1. The van der Waals surface area contributed by atoms with Crippen LogP contribution in [0.2, 0.25) is 5.02 Å². The smallest absolute Gasteiger partial charge is 0.243 e. The van der Waals surface area contributed by atoms with Crippen LogP contribution in [0.25, 0.3) is 0 Å². The number of rotatable bonds is 8. The Bertz CT molecular complexity index is 1130. The number of Topliss-reactive ketones (excluding diaryl/α,β-unsaturated/α-hetero) is 2. The standard InChI is InChI=1S/C27H31ClN2O5/c1-6-35-26-23(32)21(25(34)30(26)15-17-10-8-7-9-11-17)22(31)20(24(33)29-27(3,4)5)18-14-16(2)12-13-19(18)28/h7-14,20-21,26H,6,15H2,1-5H3,(H,29,33).